The van der Waals surface area contributed by atoms with Gasteiger partial charge in [0, 0.05) is 11.0 Å². The SMILES string of the molecule is C#CCN(CCI)S(=O)(=O)c1ccc(C)cc1. The molecule has 92 valence electrons. The van der Waals surface area contributed by atoms with Gasteiger partial charge in [-0.2, -0.15) is 4.31 Å². The molecule has 5 heteroatoms. The molecule has 0 unspecified atom stereocenters. The molecule has 1 aromatic carbocycles. The molecule has 0 bridgehead atoms. The second-order valence-electron chi connectivity index (χ2n) is 3.54. The zero-order valence-corrected chi connectivity index (χ0v) is 12.5. The number of halogens is 1. The fourth-order valence-corrected chi connectivity index (χ4v) is 3.60. The van der Waals surface area contributed by atoms with Gasteiger partial charge in [-0.1, -0.05) is 46.2 Å². The van der Waals surface area contributed by atoms with Gasteiger partial charge in [0.25, 0.3) is 0 Å². The van der Waals surface area contributed by atoms with Crippen LogP contribution in [0.25, 0.3) is 0 Å². The second-order valence-corrected chi connectivity index (χ2v) is 6.56. The normalized spacial score (nSPS) is 11.4. The van der Waals surface area contributed by atoms with Crippen LogP contribution in [0.1, 0.15) is 5.56 Å². The first-order valence-electron chi connectivity index (χ1n) is 5.08. The van der Waals surface area contributed by atoms with E-state index < -0.39 is 10.0 Å². The Morgan fingerprint density at radius 3 is 2.41 bits per heavy atom. The minimum atomic E-state index is -3.46. The van der Waals surface area contributed by atoms with Crippen LogP contribution in [0.3, 0.4) is 0 Å². The fourth-order valence-electron chi connectivity index (χ4n) is 1.34. The van der Waals surface area contributed by atoms with Gasteiger partial charge in [-0.05, 0) is 19.1 Å². The van der Waals surface area contributed by atoms with E-state index in [1.807, 2.05) is 6.92 Å². The molecule has 1 rings (SSSR count). The van der Waals surface area contributed by atoms with Crippen molar-refractivity contribution in [1.82, 2.24) is 4.31 Å². The molecule has 0 aliphatic rings. The van der Waals surface area contributed by atoms with Crippen LogP contribution in [0.2, 0.25) is 0 Å². The molecule has 0 saturated carbocycles. The van der Waals surface area contributed by atoms with E-state index >= 15 is 0 Å². The van der Waals surface area contributed by atoms with Crippen LogP contribution in [0.5, 0.6) is 0 Å². The Morgan fingerprint density at radius 2 is 1.94 bits per heavy atom. The maximum Gasteiger partial charge on any atom is 0.243 e. The average Bonchev–Trinajstić information content (AvgIpc) is 2.29. The highest BCUT2D eigenvalue weighted by atomic mass is 127. The molecule has 17 heavy (non-hydrogen) atoms. The molecule has 1 aromatic rings. The molecule has 0 saturated heterocycles. The van der Waals surface area contributed by atoms with Gasteiger partial charge in [-0.15, -0.1) is 6.42 Å². The topological polar surface area (TPSA) is 37.4 Å². The zero-order chi connectivity index (χ0) is 12.9. The first-order chi connectivity index (χ1) is 8.02. The minimum Gasteiger partial charge on any atom is -0.207 e. The zero-order valence-electron chi connectivity index (χ0n) is 9.56. The Labute approximate surface area is 116 Å². The van der Waals surface area contributed by atoms with Crippen molar-refractivity contribution >= 4 is 32.6 Å². The summed E-state index contributed by atoms with van der Waals surface area (Å²) in [7, 11) is -3.46. The van der Waals surface area contributed by atoms with Crippen molar-refractivity contribution in [2.24, 2.45) is 0 Å². The number of benzene rings is 1. The number of rotatable bonds is 5. The van der Waals surface area contributed by atoms with Gasteiger partial charge in [0.05, 0.1) is 11.4 Å². The highest BCUT2D eigenvalue weighted by molar-refractivity contribution is 14.1. The Balaban J connectivity index is 3.08. The first-order valence-corrected chi connectivity index (χ1v) is 8.05. The van der Waals surface area contributed by atoms with Gasteiger partial charge in [-0.3, -0.25) is 0 Å². The van der Waals surface area contributed by atoms with E-state index in [2.05, 4.69) is 28.5 Å². The van der Waals surface area contributed by atoms with Crippen LogP contribution in [0.4, 0.5) is 0 Å². The summed E-state index contributed by atoms with van der Waals surface area (Å²) in [6.45, 7) is 2.46. The van der Waals surface area contributed by atoms with Gasteiger partial charge in [0.1, 0.15) is 0 Å². The lowest BCUT2D eigenvalue weighted by atomic mass is 10.2. The summed E-state index contributed by atoms with van der Waals surface area (Å²) in [5, 5.41) is 0. The molecule has 3 nitrogen and oxygen atoms in total. The van der Waals surface area contributed by atoms with E-state index in [1.165, 1.54) is 4.31 Å². The van der Waals surface area contributed by atoms with Crippen LogP contribution < -0.4 is 0 Å². The largest absolute Gasteiger partial charge is 0.243 e. The van der Waals surface area contributed by atoms with Crippen LogP contribution in [-0.2, 0) is 10.0 Å². The first kappa shape index (κ1) is 14.5. The van der Waals surface area contributed by atoms with Crippen molar-refractivity contribution in [2.75, 3.05) is 17.5 Å². The Bertz CT molecular complexity index is 502. The van der Waals surface area contributed by atoms with Gasteiger partial charge < -0.3 is 0 Å². The van der Waals surface area contributed by atoms with Gasteiger partial charge in [-0.25, -0.2) is 8.42 Å². The number of alkyl halides is 1. The highest BCUT2D eigenvalue weighted by Crippen LogP contribution is 2.16. The molecular weight excluding hydrogens is 349 g/mol. The highest BCUT2D eigenvalue weighted by Gasteiger charge is 2.22. The maximum atomic E-state index is 12.3. The fraction of sp³-hybridized carbons (Fsp3) is 0.333. The predicted octanol–water partition coefficient (Wildman–Crippen LogP) is 2.05. The third-order valence-electron chi connectivity index (χ3n) is 2.26. The van der Waals surface area contributed by atoms with E-state index in [9.17, 15) is 8.42 Å². The molecule has 0 atom stereocenters. The molecule has 0 aliphatic heterocycles. The maximum absolute atomic E-state index is 12.3. The number of nitrogens with zero attached hydrogens (tertiary/aromatic N) is 1. The van der Waals surface area contributed by atoms with Crippen molar-refractivity contribution in [2.45, 2.75) is 11.8 Å². The third-order valence-corrected chi connectivity index (χ3v) is 4.60. The molecule has 0 aromatic heterocycles. The summed E-state index contributed by atoms with van der Waals surface area (Å²) in [5.74, 6) is 2.38. The number of hydrogen-bond donors (Lipinski definition) is 0. The monoisotopic (exact) mass is 363 g/mol. The molecule has 0 radical (unpaired) electrons. The molecule has 0 fully saturated rings. The summed E-state index contributed by atoms with van der Waals surface area (Å²) in [5.41, 5.74) is 1.03. The number of sulfonamides is 1. The van der Waals surface area contributed by atoms with E-state index in [1.54, 1.807) is 24.3 Å². The predicted molar refractivity (Wildman–Crippen MR) is 77.7 cm³/mol. The Hall–Kier alpha value is -0.580. The van der Waals surface area contributed by atoms with Crippen molar-refractivity contribution in [1.29, 1.82) is 0 Å². The van der Waals surface area contributed by atoms with Crippen molar-refractivity contribution in [3.8, 4) is 12.3 Å². The summed E-state index contributed by atoms with van der Waals surface area (Å²) in [6, 6.07) is 6.79. The average molecular weight is 363 g/mol. The van der Waals surface area contributed by atoms with E-state index in [-0.39, 0.29) is 6.54 Å². The standard InChI is InChI=1S/C12H14INO2S/c1-3-9-14(10-8-13)17(15,16)12-6-4-11(2)5-7-12/h1,4-7H,8-10H2,2H3. The van der Waals surface area contributed by atoms with Crippen molar-refractivity contribution in [3.05, 3.63) is 29.8 Å². The van der Waals surface area contributed by atoms with Crippen LogP contribution in [0, 0.1) is 19.3 Å². The minimum absolute atomic E-state index is 0.110. The lowest BCUT2D eigenvalue weighted by Gasteiger charge is -2.18. The van der Waals surface area contributed by atoms with Gasteiger partial charge in [0.15, 0.2) is 0 Å². The molecule has 0 N–H and O–H groups in total. The van der Waals surface area contributed by atoms with Crippen LogP contribution >= 0.6 is 22.6 Å². The smallest absolute Gasteiger partial charge is 0.207 e. The number of aryl methyl sites for hydroxylation is 1. The van der Waals surface area contributed by atoms with E-state index in [0.29, 0.717) is 15.9 Å². The summed E-state index contributed by atoms with van der Waals surface area (Å²) in [6.07, 6.45) is 5.20. The Morgan fingerprint density at radius 1 is 1.35 bits per heavy atom. The molecule has 0 spiro atoms. The van der Waals surface area contributed by atoms with Gasteiger partial charge in [0.2, 0.25) is 10.0 Å². The summed E-state index contributed by atoms with van der Waals surface area (Å²) in [4.78, 5) is 0.295. The summed E-state index contributed by atoms with van der Waals surface area (Å²) < 4.78 is 26.5. The van der Waals surface area contributed by atoms with Crippen LogP contribution in [-0.4, -0.2) is 30.2 Å². The quantitative estimate of drug-likeness (QED) is 0.456. The van der Waals surface area contributed by atoms with E-state index in [0.717, 1.165) is 5.56 Å². The number of hydrogen-bond acceptors (Lipinski definition) is 2. The van der Waals surface area contributed by atoms with Crippen molar-refractivity contribution < 1.29 is 8.42 Å². The lowest BCUT2D eigenvalue weighted by molar-refractivity contribution is 0.468. The molecular formula is C12H14INO2S. The number of terminal acetylenes is 1. The molecule has 0 amide bonds. The molecule has 0 heterocycles. The summed E-state index contributed by atoms with van der Waals surface area (Å²) >= 11 is 2.13. The van der Waals surface area contributed by atoms with Gasteiger partial charge >= 0.3 is 0 Å². The molecule has 0 aliphatic carbocycles. The third kappa shape index (κ3) is 3.69. The van der Waals surface area contributed by atoms with Crippen molar-refractivity contribution in [3.63, 3.8) is 0 Å². The Kier molecular flexibility index (Phi) is 5.43. The lowest BCUT2D eigenvalue weighted by Crippen LogP contribution is -2.33. The van der Waals surface area contributed by atoms with E-state index in [4.69, 9.17) is 6.42 Å². The second kappa shape index (κ2) is 6.38. The van der Waals surface area contributed by atoms with Crippen LogP contribution in [0.15, 0.2) is 29.2 Å².